The lowest BCUT2D eigenvalue weighted by molar-refractivity contribution is 0.172. The van der Waals surface area contributed by atoms with Crippen LogP contribution in [0.4, 0.5) is 0 Å². The first-order valence-corrected chi connectivity index (χ1v) is 11.5. The van der Waals surface area contributed by atoms with Gasteiger partial charge in [-0.25, -0.2) is 0 Å². The lowest BCUT2D eigenvalue weighted by atomic mass is 10.1. The predicted molar refractivity (Wildman–Crippen MR) is 94.1 cm³/mol. The SMILES string of the molecule is CCOP(=O)(OCC)C(CCC#N)(CCC#N)P(=O)(OCC)OCC. The Balaban J connectivity index is 6.54. The minimum atomic E-state index is -4.02. The summed E-state index contributed by atoms with van der Waals surface area (Å²) in [5.74, 6) is 0. The summed E-state index contributed by atoms with van der Waals surface area (Å²) in [5.41, 5.74) is 0. The molecule has 0 saturated heterocycles. The lowest BCUT2D eigenvalue weighted by Crippen LogP contribution is -2.33. The molecule has 0 N–H and O–H groups in total. The molecule has 0 aliphatic heterocycles. The zero-order valence-corrected chi connectivity index (χ0v) is 17.2. The fourth-order valence-electron chi connectivity index (χ4n) is 2.57. The van der Waals surface area contributed by atoms with Gasteiger partial charge in [-0.3, -0.25) is 9.13 Å². The van der Waals surface area contributed by atoms with Gasteiger partial charge in [0.05, 0.1) is 38.6 Å². The van der Waals surface area contributed by atoms with Gasteiger partial charge < -0.3 is 18.1 Å². The van der Waals surface area contributed by atoms with Gasteiger partial charge in [0.15, 0.2) is 4.90 Å². The first-order chi connectivity index (χ1) is 11.9. The van der Waals surface area contributed by atoms with E-state index in [-0.39, 0.29) is 52.1 Å². The van der Waals surface area contributed by atoms with Crippen LogP contribution in [0.25, 0.3) is 0 Å². The average Bonchev–Trinajstić information content (AvgIpc) is 2.55. The third kappa shape index (κ3) is 5.63. The highest BCUT2D eigenvalue weighted by Gasteiger charge is 2.64. The Labute approximate surface area is 150 Å². The maximum absolute atomic E-state index is 13.6. The quantitative estimate of drug-likeness (QED) is 0.385. The Morgan fingerprint density at radius 1 is 0.720 bits per heavy atom. The van der Waals surface area contributed by atoms with Gasteiger partial charge in [0.1, 0.15) is 0 Å². The van der Waals surface area contributed by atoms with E-state index in [9.17, 15) is 9.13 Å². The molecule has 0 atom stereocenters. The smallest absolute Gasteiger partial charge is 0.308 e. The molecule has 0 aliphatic rings. The molecule has 0 aliphatic carbocycles. The molecule has 0 amide bonds. The van der Waals surface area contributed by atoms with Crippen LogP contribution in [0.1, 0.15) is 53.4 Å². The van der Waals surface area contributed by atoms with Crippen LogP contribution < -0.4 is 0 Å². The lowest BCUT2D eigenvalue weighted by Gasteiger charge is -2.41. The average molecular weight is 394 g/mol. The standard InChI is InChI=1S/C15H28N2O6P2/c1-5-20-24(18,21-6-2)15(11-9-13-16,12-10-14-17)25(19,22-7-3)23-8-4/h5-12H2,1-4H3. The van der Waals surface area contributed by atoms with E-state index < -0.39 is 20.1 Å². The molecule has 0 saturated carbocycles. The van der Waals surface area contributed by atoms with Gasteiger partial charge in [0.25, 0.3) is 0 Å². The molecule has 8 nitrogen and oxygen atoms in total. The fourth-order valence-corrected chi connectivity index (χ4v) is 8.48. The summed E-state index contributed by atoms with van der Waals surface area (Å²) in [6.45, 7) is 6.75. The van der Waals surface area contributed by atoms with Crippen molar-refractivity contribution in [2.24, 2.45) is 0 Å². The first-order valence-electron chi connectivity index (χ1n) is 8.39. The first kappa shape index (κ1) is 24.3. The predicted octanol–water partition coefficient (Wildman–Crippen LogP) is 4.82. The van der Waals surface area contributed by atoms with Crippen LogP contribution in [0.2, 0.25) is 0 Å². The van der Waals surface area contributed by atoms with Gasteiger partial charge in [0, 0.05) is 12.8 Å². The summed E-state index contributed by atoms with van der Waals surface area (Å²) >= 11 is 0. The van der Waals surface area contributed by atoms with E-state index in [1.54, 1.807) is 27.7 Å². The van der Waals surface area contributed by atoms with Crippen LogP contribution in [0.15, 0.2) is 0 Å². The van der Waals surface area contributed by atoms with E-state index >= 15 is 0 Å². The van der Waals surface area contributed by atoms with Crippen molar-refractivity contribution in [1.82, 2.24) is 0 Å². The third-order valence-corrected chi connectivity index (χ3v) is 10.3. The number of nitrogens with zero attached hydrogens (tertiary/aromatic N) is 2. The van der Waals surface area contributed by atoms with E-state index in [0.717, 1.165) is 0 Å². The summed E-state index contributed by atoms with van der Waals surface area (Å²) in [4.78, 5) is -1.70. The largest absolute Gasteiger partial charge is 0.348 e. The summed E-state index contributed by atoms with van der Waals surface area (Å²) in [6.07, 6.45) is -0.279. The number of nitriles is 2. The second kappa shape index (κ2) is 11.8. The molecule has 0 fully saturated rings. The molecular formula is C15H28N2O6P2. The molecule has 0 heterocycles. The highest BCUT2D eigenvalue weighted by Crippen LogP contribution is 2.80. The van der Waals surface area contributed by atoms with Crippen molar-refractivity contribution in [2.75, 3.05) is 26.4 Å². The van der Waals surface area contributed by atoms with Crippen LogP contribution in [0.3, 0.4) is 0 Å². The second-order valence-corrected chi connectivity index (χ2v) is 10.1. The topological polar surface area (TPSA) is 119 Å². The van der Waals surface area contributed by atoms with Crippen molar-refractivity contribution in [1.29, 1.82) is 10.5 Å². The van der Waals surface area contributed by atoms with Crippen LogP contribution >= 0.6 is 15.2 Å². The minimum absolute atomic E-state index is 0.0520. The molecule has 0 unspecified atom stereocenters. The molecule has 0 rings (SSSR count). The monoisotopic (exact) mass is 394 g/mol. The fraction of sp³-hybridized carbons (Fsp3) is 0.867. The van der Waals surface area contributed by atoms with E-state index in [4.69, 9.17) is 28.6 Å². The Kier molecular flexibility index (Phi) is 11.5. The van der Waals surface area contributed by atoms with Crippen molar-refractivity contribution in [3.63, 3.8) is 0 Å². The zero-order valence-electron chi connectivity index (χ0n) is 15.4. The molecule has 0 spiro atoms. The summed E-state index contributed by atoms with van der Waals surface area (Å²) < 4.78 is 49.1. The molecule has 0 aromatic heterocycles. The molecule has 0 radical (unpaired) electrons. The Hall–Kier alpha value is -0.720. The van der Waals surface area contributed by atoms with Crippen LogP contribution in [0.5, 0.6) is 0 Å². The van der Waals surface area contributed by atoms with Gasteiger partial charge in [-0.2, -0.15) is 10.5 Å². The van der Waals surface area contributed by atoms with Crippen molar-refractivity contribution in [3.05, 3.63) is 0 Å². The Morgan fingerprint density at radius 2 is 1.00 bits per heavy atom. The van der Waals surface area contributed by atoms with E-state index in [2.05, 4.69) is 0 Å². The van der Waals surface area contributed by atoms with Crippen molar-refractivity contribution >= 4 is 15.2 Å². The minimum Gasteiger partial charge on any atom is -0.308 e. The van der Waals surface area contributed by atoms with Crippen LogP contribution in [-0.2, 0) is 27.2 Å². The van der Waals surface area contributed by atoms with Crippen molar-refractivity contribution < 1.29 is 27.2 Å². The maximum Gasteiger partial charge on any atom is 0.348 e. The molecule has 0 aromatic rings. The zero-order chi connectivity index (χ0) is 19.4. The second-order valence-electron chi connectivity index (χ2n) is 4.96. The molecular weight excluding hydrogens is 366 g/mol. The molecule has 0 aromatic carbocycles. The molecule has 10 heteroatoms. The highest BCUT2D eigenvalue weighted by atomic mass is 31.2. The summed E-state index contributed by atoms with van der Waals surface area (Å²) in [6, 6.07) is 3.93. The van der Waals surface area contributed by atoms with Crippen molar-refractivity contribution in [3.8, 4) is 12.1 Å². The number of hydrogen-bond acceptors (Lipinski definition) is 8. The van der Waals surface area contributed by atoms with Gasteiger partial charge in [-0.15, -0.1) is 0 Å². The van der Waals surface area contributed by atoms with Gasteiger partial charge in [-0.05, 0) is 40.5 Å². The van der Waals surface area contributed by atoms with Gasteiger partial charge in [-0.1, -0.05) is 0 Å². The summed E-state index contributed by atoms with van der Waals surface area (Å²) in [5, 5.41) is 18.1. The normalized spacial score (nSPS) is 12.6. The van der Waals surface area contributed by atoms with Gasteiger partial charge >= 0.3 is 15.2 Å². The number of hydrogen-bond donors (Lipinski definition) is 0. The van der Waals surface area contributed by atoms with E-state index in [0.29, 0.717) is 0 Å². The van der Waals surface area contributed by atoms with E-state index in [1.807, 2.05) is 12.1 Å². The molecule has 25 heavy (non-hydrogen) atoms. The van der Waals surface area contributed by atoms with E-state index in [1.165, 1.54) is 0 Å². The van der Waals surface area contributed by atoms with Crippen LogP contribution in [-0.4, -0.2) is 31.3 Å². The maximum atomic E-state index is 13.6. The molecule has 144 valence electrons. The summed E-state index contributed by atoms with van der Waals surface area (Å²) in [7, 11) is -8.03. The Bertz CT molecular complexity index is 499. The highest BCUT2D eigenvalue weighted by molar-refractivity contribution is 7.74. The van der Waals surface area contributed by atoms with Crippen molar-refractivity contribution in [2.45, 2.75) is 58.3 Å². The van der Waals surface area contributed by atoms with Crippen LogP contribution in [0, 0.1) is 22.7 Å². The van der Waals surface area contributed by atoms with Gasteiger partial charge in [0.2, 0.25) is 0 Å². The third-order valence-electron chi connectivity index (χ3n) is 3.49. The number of rotatable bonds is 14. The Morgan fingerprint density at radius 3 is 1.20 bits per heavy atom. The molecule has 0 bridgehead atoms.